The van der Waals surface area contributed by atoms with Crippen LogP contribution in [0.4, 0.5) is 0 Å². The molecule has 0 bridgehead atoms. The average Bonchev–Trinajstić information content (AvgIpc) is 2.73. The lowest BCUT2D eigenvalue weighted by Gasteiger charge is -2.00. The number of carboxylic acids is 1. The number of benzene rings is 1. The van der Waals surface area contributed by atoms with Crippen LogP contribution in [0.2, 0.25) is 0 Å². The second-order valence-corrected chi connectivity index (χ2v) is 4.98. The van der Waals surface area contributed by atoms with Gasteiger partial charge in [0.2, 0.25) is 0 Å². The van der Waals surface area contributed by atoms with Crippen LogP contribution in [0.1, 0.15) is 43.2 Å². The summed E-state index contributed by atoms with van der Waals surface area (Å²) in [5.41, 5.74) is 3.59. The van der Waals surface area contributed by atoms with E-state index in [2.05, 4.69) is 4.98 Å². The predicted molar refractivity (Wildman–Crippen MR) is 81.8 cm³/mol. The predicted octanol–water partition coefficient (Wildman–Crippen LogP) is 3.53. The molecule has 2 aromatic rings. The molecule has 108 valence electrons. The number of aromatic nitrogens is 1. The number of nitrogens with one attached hydrogen (secondary N) is 1. The van der Waals surface area contributed by atoms with Crippen LogP contribution in [0.15, 0.2) is 30.3 Å². The molecule has 4 heteroatoms. The molecular formula is C17H17NO3. The number of hydrogen-bond donors (Lipinski definition) is 2. The smallest absolute Gasteiger partial charge is 0.352 e. The van der Waals surface area contributed by atoms with Crippen molar-refractivity contribution in [3.8, 4) is 0 Å². The SMILES string of the molecule is Cc1ccccc1/C=C/C(=O)c1c(C)[nH]c(C(=O)O)c1C. The van der Waals surface area contributed by atoms with E-state index in [4.69, 9.17) is 5.11 Å². The largest absolute Gasteiger partial charge is 0.477 e. The molecule has 21 heavy (non-hydrogen) atoms. The first-order valence-electron chi connectivity index (χ1n) is 6.62. The molecule has 0 aliphatic carbocycles. The van der Waals surface area contributed by atoms with Crippen molar-refractivity contribution in [2.45, 2.75) is 20.8 Å². The van der Waals surface area contributed by atoms with Crippen molar-refractivity contribution in [2.75, 3.05) is 0 Å². The Morgan fingerprint density at radius 2 is 1.81 bits per heavy atom. The van der Waals surface area contributed by atoms with E-state index >= 15 is 0 Å². The van der Waals surface area contributed by atoms with E-state index in [9.17, 15) is 9.59 Å². The van der Waals surface area contributed by atoms with E-state index in [1.165, 1.54) is 6.08 Å². The third-order valence-electron chi connectivity index (χ3n) is 3.50. The zero-order valence-electron chi connectivity index (χ0n) is 12.2. The number of carbonyl (C=O) groups excluding carboxylic acids is 1. The number of ketones is 1. The Labute approximate surface area is 123 Å². The fraction of sp³-hybridized carbons (Fsp3) is 0.176. The second kappa shape index (κ2) is 5.79. The van der Waals surface area contributed by atoms with Gasteiger partial charge in [-0.1, -0.05) is 30.3 Å². The van der Waals surface area contributed by atoms with E-state index in [1.807, 2.05) is 31.2 Å². The van der Waals surface area contributed by atoms with Crippen molar-refractivity contribution in [1.82, 2.24) is 4.98 Å². The van der Waals surface area contributed by atoms with E-state index in [1.54, 1.807) is 19.9 Å². The first-order chi connectivity index (χ1) is 9.91. The van der Waals surface area contributed by atoms with Crippen molar-refractivity contribution < 1.29 is 14.7 Å². The summed E-state index contributed by atoms with van der Waals surface area (Å²) in [6, 6.07) is 7.75. The van der Waals surface area contributed by atoms with Gasteiger partial charge < -0.3 is 10.1 Å². The molecule has 0 saturated heterocycles. The van der Waals surface area contributed by atoms with Gasteiger partial charge in [-0.25, -0.2) is 4.79 Å². The summed E-state index contributed by atoms with van der Waals surface area (Å²) in [5.74, 6) is -1.26. The number of aromatic amines is 1. The number of aromatic carboxylic acids is 1. The second-order valence-electron chi connectivity index (χ2n) is 4.98. The van der Waals surface area contributed by atoms with Gasteiger partial charge in [0.05, 0.1) is 0 Å². The molecule has 0 aliphatic heterocycles. The molecule has 0 aliphatic rings. The lowest BCUT2D eigenvalue weighted by molar-refractivity contribution is 0.0690. The van der Waals surface area contributed by atoms with E-state index in [-0.39, 0.29) is 11.5 Å². The van der Waals surface area contributed by atoms with Gasteiger partial charge in [0.15, 0.2) is 5.78 Å². The van der Waals surface area contributed by atoms with Crippen LogP contribution in [0, 0.1) is 20.8 Å². The van der Waals surface area contributed by atoms with E-state index < -0.39 is 5.97 Å². The highest BCUT2D eigenvalue weighted by molar-refractivity contribution is 6.10. The maximum absolute atomic E-state index is 12.3. The first-order valence-corrected chi connectivity index (χ1v) is 6.62. The Kier molecular flexibility index (Phi) is 4.08. The molecule has 2 N–H and O–H groups in total. The zero-order valence-corrected chi connectivity index (χ0v) is 12.2. The third kappa shape index (κ3) is 2.94. The standard InChI is InChI=1S/C17H17NO3/c1-10-6-4-5-7-13(10)8-9-14(19)15-11(2)16(17(20)21)18-12(15)3/h4-9,18H,1-3H3,(H,20,21)/b9-8+. The Balaban J connectivity index is 2.34. The zero-order chi connectivity index (χ0) is 15.6. The van der Waals surface area contributed by atoms with Gasteiger partial charge in [-0.15, -0.1) is 0 Å². The van der Waals surface area contributed by atoms with Crippen LogP contribution in [0.5, 0.6) is 0 Å². The molecule has 1 aromatic heterocycles. The van der Waals surface area contributed by atoms with Gasteiger partial charge in [-0.05, 0) is 43.5 Å². The van der Waals surface area contributed by atoms with Crippen LogP contribution in [-0.4, -0.2) is 21.8 Å². The van der Waals surface area contributed by atoms with Gasteiger partial charge in [0.1, 0.15) is 5.69 Å². The van der Waals surface area contributed by atoms with Crippen molar-refractivity contribution >= 4 is 17.8 Å². The van der Waals surface area contributed by atoms with Crippen molar-refractivity contribution in [1.29, 1.82) is 0 Å². The molecule has 4 nitrogen and oxygen atoms in total. The molecule has 0 fully saturated rings. The Morgan fingerprint density at radius 3 is 2.38 bits per heavy atom. The molecular weight excluding hydrogens is 266 g/mol. The molecule has 0 saturated carbocycles. The molecule has 1 heterocycles. The number of aryl methyl sites for hydroxylation is 2. The van der Waals surface area contributed by atoms with Gasteiger partial charge in [-0.3, -0.25) is 4.79 Å². The van der Waals surface area contributed by atoms with Gasteiger partial charge >= 0.3 is 5.97 Å². The van der Waals surface area contributed by atoms with Crippen molar-refractivity contribution in [3.05, 3.63) is 64.0 Å². The monoisotopic (exact) mass is 283 g/mol. The van der Waals surface area contributed by atoms with Gasteiger partial charge in [0, 0.05) is 11.3 Å². The normalized spacial score (nSPS) is 11.0. The first kappa shape index (κ1) is 14.8. The maximum atomic E-state index is 12.3. The summed E-state index contributed by atoms with van der Waals surface area (Å²) in [6.45, 7) is 5.32. The number of allylic oxidation sites excluding steroid dienone is 1. The molecule has 0 atom stereocenters. The topological polar surface area (TPSA) is 70.2 Å². The molecule has 0 amide bonds. The van der Waals surface area contributed by atoms with Crippen molar-refractivity contribution in [3.63, 3.8) is 0 Å². The Morgan fingerprint density at radius 1 is 1.14 bits per heavy atom. The minimum atomic E-state index is -1.06. The van der Waals surface area contributed by atoms with Gasteiger partial charge in [-0.2, -0.15) is 0 Å². The van der Waals surface area contributed by atoms with E-state index in [0.29, 0.717) is 16.8 Å². The summed E-state index contributed by atoms with van der Waals surface area (Å²) in [4.78, 5) is 26.1. The quantitative estimate of drug-likeness (QED) is 0.666. The fourth-order valence-electron chi connectivity index (χ4n) is 2.36. The lowest BCUT2D eigenvalue weighted by atomic mass is 10.0. The van der Waals surface area contributed by atoms with Crippen LogP contribution in [-0.2, 0) is 0 Å². The van der Waals surface area contributed by atoms with Crippen molar-refractivity contribution in [2.24, 2.45) is 0 Å². The summed E-state index contributed by atoms with van der Waals surface area (Å²) >= 11 is 0. The van der Waals surface area contributed by atoms with Crippen LogP contribution in [0.25, 0.3) is 6.08 Å². The molecule has 2 rings (SSSR count). The summed E-state index contributed by atoms with van der Waals surface area (Å²) in [7, 11) is 0. The molecule has 0 radical (unpaired) electrons. The number of hydrogen-bond acceptors (Lipinski definition) is 2. The highest BCUT2D eigenvalue weighted by Crippen LogP contribution is 2.19. The fourth-order valence-corrected chi connectivity index (χ4v) is 2.36. The number of rotatable bonds is 4. The summed E-state index contributed by atoms with van der Waals surface area (Å²) in [6.07, 6.45) is 3.24. The summed E-state index contributed by atoms with van der Waals surface area (Å²) in [5, 5.41) is 9.07. The van der Waals surface area contributed by atoms with E-state index in [0.717, 1.165) is 11.1 Å². The number of H-pyrrole nitrogens is 1. The molecule has 0 spiro atoms. The lowest BCUT2D eigenvalue weighted by Crippen LogP contribution is -2.01. The molecule has 0 unspecified atom stereocenters. The van der Waals surface area contributed by atoms with Crippen LogP contribution < -0.4 is 0 Å². The minimum Gasteiger partial charge on any atom is -0.477 e. The van der Waals surface area contributed by atoms with Crippen LogP contribution >= 0.6 is 0 Å². The minimum absolute atomic E-state index is 0.0696. The summed E-state index contributed by atoms with van der Waals surface area (Å²) < 4.78 is 0. The maximum Gasteiger partial charge on any atom is 0.352 e. The highest BCUT2D eigenvalue weighted by Gasteiger charge is 2.19. The number of carbonyl (C=O) groups is 2. The Hall–Kier alpha value is -2.62. The third-order valence-corrected chi connectivity index (χ3v) is 3.50. The average molecular weight is 283 g/mol. The van der Waals surface area contributed by atoms with Crippen LogP contribution in [0.3, 0.4) is 0 Å². The molecule has 1 aromatic carbocycles. The highest BCUT2D eigenvalue weighted by atomic mass is 16.4. The Bertz CT molecular complexity index is 738. The van der Waals surface area contributed by atoms with Gasteiger partial charge in [0.25, 0.3) is 0 Å². The number of carboxylic acid groups (broad SMARTS) is 1.